The van der Waals surface area contributed by atoms with Crippen LogP contribution in [0.4, 0.5) is 0 Å². The van der Waals surface area contributed by atoms with E-state index in [1.54, 1.807) is 0 Å². The Labute approximate surface area is 64.0 Å². The van der Waals surface area contributed by atoms with Crippen LogP contribution in [-0.4, -0.2) is 6.04 Å². The van der Waals surface area contributed by atoms with Crippen molar-refractivity contribution in [2.75, 3.05) is 0 Å². The molecule has 0 aromatic heterocycles. The fourth-order valence-electron chi connectivity index (χ4n) is 1.76. The van der Waals surface area contributed by atoms with Crippen LogP contribution in [0.25, 0.3) is 0 Å². The molecule has 2 N–H and O–H groups in total. The first-order valence-corrected chi connectivity index (χ1v) is 4.36. The van der Waals surface area contributed by atoms with Gasteiger partial charge in [0.1, 0.15) is 0 Å². The van der Waals surface area contributed by atoms with Crippen molar-refractivity contribution in [3.63, 3.8) is 0 Å². The smallest absolute Gasteiger partial charge is 0.00131 e. The fourth-order valence-corrected chi connectivity index (χ4v) is 1.76. The van der Waals surface area contributed by atoms with E-state index in [0.717, 1.165) is 5.92 Å². The molecule has 1 saturated carbocycles. The Bertz CT molecular complexity index is 82.7. The minimum Gasteiger partial charge on any atom is -0.328 e. The van der Waals surface area contributed by atoms with Gasteiger partial charge in [0.05, 0.1) is 0 Å². The number of hydrogen-bond acceptors (Lipinski definition) is 1. The molecule has 1 heteroatoms. The predicted molar refractivity (Wildman–Crippen MR) is 44.5 cm³/mol. The normalized spacial score (nSPS) is 24.6. The van der Waals surface area contributed by atoms with Gasteiger partial charge in [-0.3, -0.25) is 0 Å². The average Bonchev–Trinajstić information content (AvgIpc) is 1.88. The van der Waals surface area contributed by atoms with Crippen LogP contribution in [-0.2, 0) is 0 Å². The number of nitrogens with two attached hydrogens (primary N) is 1. The summed E-state index contributed by atoms with van der Waals surface area (Å²) in [6.07, 6.45) is 9.02. The van der Waals surface area contributed by atoms with E-state index >= 15 is 0 Å². The number of hydrogen-bond donors (Lipinski definition) is 1. The van der Waals surface area contributed by atoms with E-state index in [0.29, 0.717) is 6.04 Å². The SMILES string of the molecule is CC(N)CC1CC[CH]CC1. The lowest BCUT2D eigenvalue weighted by molar-refractivity contribution is 0.359. The van der Waals surface area contributed by atoms with Crippen LogP contribution >= 0.6 is 0 Å². The van der Waals surface area contributed by atoms with Gasteiger partial charge in [-0.1, -0.05) is 12.8 Å². The highest BCUT2D eigenvalue weighted by atomic mass is 14.6. The van der Waals surface area contributed by atoms with Crippen LogP contribution in [0.5, 0.6) is 0 Å². The first-order chi connectivity index (χ1) is 4.79. The Morgan fingerprint density at radius 3 is 2.60 bits per heavy atom. The van der Waals surface area contributed by atoms with Gasteiger partial charge in [-0.05, 0) is 38.5 Å². The van der Waals surface area contributed by atoms with Crippen molar-refractivity contribution in [1.82, 2.24) is 0 Å². The molecule has 1 nitrogen and oxygen atoms in total. The maximum Gasteiger partial charge on any atom is 0.00131 e. The molecule has 1 aliphatic rings. The van der Waals surface area contributed by atoms with Gasteiger partial charge >= 0.3 is 0 Å². The Hall–Kier alpha value is -0.0400. The highest BCUT2D eigenvalue weighted by molar-refractivity contribution is 4.78. The summed E-state index contributed by atoms with van der Waals surface area (Å²) in [5, 5.41) is 0. The van der Waals surface area contributed by atoms with Gasteiger partial charge in [0.2, 0.25) is 0 Å². The molecule has 0 aromatic rings. The topological polar surface area (TPSA) is 26.0 Å². The molecule has 1 atom stereocenters. The minimum atomic E-state index is 0.406. The van der Waals surface area contributed by atoms with Crippen LogP contribution in [0, 0.1) is 12.3 Å². The monoisotopic (exact) mass is 140 g/mol. The van der Waals surface area contributed by atoms with Crippen molar-refractivity contribution < 1.29 is 0 Å². The second-order valence-electron chi connectivity index (χ2n) is 3.52. The highest BCUT2D eigenvalue weighted by Gasteiger charge is 2.14. The van der Waals surface area contributed by atoms with Gasteiger partial charge in [-0.15, -0.1) is 0 Å². The summed E-state index contributed by atoms with van der Waals surface area (Å²) in [7, 11) is 0. The standard InChI is InChI=1S/C9H18N/c1-8(10)7-9-5-3-2-4-6-9/h2,8-9H,3-7,10H2,1H3. The molecule has 1 fully saturated rings. The summed E-state index contributed by atoms with van der Waals surface area (Å²) >= 11 is 0. The summed E-state index contributed by atoms with van der Waals surface area (Å²) in [5.41, 5.74) is 5.71. The minimum absolute atomic E-state index is 0.406. The molecular formula is C9H18N. The molecule has 1 aliphatic carbocycles. The van der Waals surface area contributed by atoms with E-state index in [1.165, 1.54) is 32.1 Å². The second kappa shape index (κ2) is 3.97. The van der Waals surface area contributed by atoms with E-state index < -0.39 is 0 Å². The van der Waals surface area contributed by atoms with E-state index in [-0.39, 0.29) is 0 Å². The van der Waals surface area contributed by atoms with Crippen molar-refractivity contribution in [1.29, 1.82) is 0 Å². The lowest BCUT2D eigenvalue weighted by Crippen LogP contribution is -2.21. The van der Waals surface area contributed by atoms with Crippen molar-refractivity contribution in [3.05, 3.63) is 6.42 Å². The maximum absolute atomic E-state index is 5.71. The van der Waals surface area contributed by atoms with Gasteiger partial charge in [0, 0.05) is 6.04 Å². The van der Waals surface area contributed by atoms with Crippen LogP contribution in [0.3, 0.4) is 0 Å². The molecule has 1 rings (SSSR count). The summed E-state index contributed by atoms with van der Waals surface area (Å²) in [4.78, 5) is 0. The Morgan fingerprint density at radius 1 is 1.50 bits per heavy atom. The lowest BCUT2D eigenvalue weighted by Gasteiger charge is -2.22. The van der Waals surface area contributed by atoms with Crippen LogP contribution in [0.1, 0.15) is 39.0 Å². The predicted octanol–water partition coefficient (Wildman–Crippen LogP) is 2.12. The average molecular weight is 140 g/mol. The van der Waals surface area contributed by atoms with Gasteiger partial charge in [-0.25, -0.2) is 0 Å². The van der Waals surface area contributed by atoms with Crippen LogP contribution in [0.15, 0.2) is 0 Å². The summed E-state index contributed by atoms with van der Waals surface area (Å²) in [5.74, 6) is 0.921. The molecular weight excluding hydrogens is 122 g/mol. The molecule has 0 saturated heterocycles. The molecule has 0 aromatic carbocycles. The summed E-state index contributed by atoms with van der Waals surface area (Å²) in [6.45, 7) is 2.11. The first-order valence-electron chi connectivity index (χ1n) is 4.36. The number of rotatable bonds is 2. The molecule has 59 valence electrons. The van der Waals surface area contributed by atoms with E-state index in [4.69, 9.17) is 5.73 Å². The quantitative estimate of drug-likeness (QED) is 0.624. The molecule has 0 heterocycles. The van der Waals surface area contributed by atoms with Crippen molar-refractivity contribution in [3.8, 4) is 0 Å². The van der Waals surface area contributed by atoms with Crippen LogP contribution in [0.2, 0.25) is 0 Å². The van der Waals surface area contributed by atoms with Gasteiger partial charge in [-0.2, -0.15) is 0 Å². The van der Waals surface area contributed by atoms with E-state index in [9.17, 15) is 0 Å². The van der Waals surface area contributed by atoms with Crippen molar-refractivity contribution in [2.24, 2.45) is 11.7 Å². The third kappa shape index (κ3) is 2.70. The molecule has 1 unspecified atom stereocenters. The largest absolute Gasteiger partial charge is 0.328 e. The summed E-state index contributed by atoms with van der Waals surface area (Å²) in [6, 6.07) is 0.406. The molecule has 10 heavy (non-hydrogen) atoms. The highest BCUT2D eigenvalue weighted by Crippen LogP contribution is 2.25. The Balaban J connectivity index is 2.13. The van der Waals surface area contributed by atoms with Crippen molar-refractivity contribution >= 4 is 0 Å². The third-order valence-corrected chi connectivity index (χ3v) is 2.26. The molecule has 1 radical (unpaired) electrons. The lowest BCUT2D eigenvalue weighted by atomic mass is 9.85. The fraction of sp³-hybridized carbons (Fsp3) is 0.889. The molecule has 0 spiro atoms. The van der Waals surface area contributed by atoms with E-state index in [1.807, 2.05) is 0 Å². The summed E-state index contributed by atoms with van der Waals surface area (Å²) < 4.78 is 0. The zero-order chi connectivity index (χ0) is 7.40. The molecule has 0 aliphatic heterocycles. The second-order valence-corrected chi connectivity index (χ2v) is 3.52. The first kappa shape index (κ1) is 8.06. The molecule has 0 bridgehead atoms. The van der Waals surface area contributed by atoms with Gasteiger partial charge in [0.15, 0.2) is 0 Å². The zero-order valence-electron chi connectivity index (χ0n) is 6.84. The maximum atomic E-state index is 5.71. The molecule has 0 amide bonds. The zero-order valence-corrected chi connectivity index (χ0v) is 6.84. The van der Waals surface area contributed by atoms with Gasteiger partial charge < -0.3 is 5.73 Å². The third-order valence-electron chi connectivity index (χ3n) is 2.26. The van der Waals surface area contributed by atoms with Crippen molar-refractivity contribution in [2.45, 2.75) is 45.1 Å². The van der Waals surface area contributed by atoms with Crippen LogP contribution < -0.4 is 5.73 Å². The Kier molecular flexibility index (Phi) is 3.20. The van der Waals surface area contributed by atoms with Gasteiger partial charge in [0.25, 0.3) is 0 Å². The van der Waals surface area contributed by atoms with E-state index in [2.05, 4.69) is 13.3 Å². The Morgan fingerprint density at radius 2 is 2.10 bits per heavy atom.